The number of likely N-dealkylation sites (N-methyl/N-ethyl adjacent to an activating group) is 1. The number of alkyl halides is 2. The highest BCUT2D eigenvalue weighted by Crippen LogP contribution is 2.24. The molecule has 6 heteroatoms. The highest BCUT2D eigenvalue weighted by molar-refractivity contribution is 7.09. The van der Waals surface area contributed by atoms with E-state index in [1.165, 1.54) is 12.1 Å². The molecule has 0 amide bonds. The minimum absolute atomic E-state index is 0.0151. The molecule has 1 heterocycles. The van der Waals surface area contributed by atoms with Crippen molar-refractivity contribution in [1.82, 2.24) is 9.88 Å². The van der Waals surface area contributed by atoms with Crippen LogP contribution in [0.4, 0.5) is 8.78 Å². The third-order valence-corrected chi connectivity index (χ3v) is 4.23. The molecule has 21 heavy (non-hydrogen) atoms. The Bertz CT molecular complexity index is 569. The number of nitrogens with two attached hydrogens (primary N) is 1. The SMILES string of the molecule is Cc1nc(CN(C)C(CN)c2ccc(C(F)F)cc2)cs1. The zero-order valence-corrected chi connectivity index (χ0v) is 12.9. The molecular formula is C15H19F2N3S. The summed E-state index contributed by atoms with van der Waals surface area (Å²) in [5.41, 5.74) is 7.83. The van der Waals surface area contributed by atoms with Crippen molar-refractivity contribution < 1.29 is 8.78 Å². The lowest BCUT2D eigenvalue weighted by atomic mass is 10.0. The fourth-order valence-corrected chi connectivity index (χ4v) is 2.88. The van der Waals surface area contributed by atoms with Crippen LogP contribution in [0.5, 0.6) is 0 Å². The maximum atomic E-state index is 12.6. The number of hydrogen-bond acceptors (Lipinski definition) is 4. The summed E-state index contributed by atoms with van der Waals surface area (Å²) in [5, 5.41) is 3.06. The van der Waals surface area contributed by atoms with Crippen molar-refractivity contribution in [2.75, 3.05) is 13.6 Å². The molecule has 3 nitrogen and oxygen atoms in total. The van der Waals surface area contributed by atoms with Crippen molar-refractivity contribution in [3.8, 4) is 0 Å². The van der Waals surface area contributed by atoms with E-state index in [-0.39, 0.29) is 11.6 Å². The first-order chi connectivity index (χ1) is 10.0. The summed E-state index contributed by atoms with van der Waals surface area (Å²) >= 11 is 1.61. The predicted octanol–water partition coefficient (Wildman–Crippen LogP) is 3.52. The van der Waals surface area contributed by atoms with Crippen LogP contribution in [0.3, 0.4) is 0 Å². The maximum absolute atomic E-state index is 12.6. The summed E-state index contributed by atoms with van der Waals surface area (Å²) in [6, 6.07) is 6.36. The fraction of sp³-hybridized carbons (Fsp3) is 0.400. The normalized spacial score (nSPS) is 13.1. The van der Waals surface area contributed by atoms with Crippen molar-refractivity contribution >= 4 is 11.3 Å². The summed E-state index contributed by atoms with van der Waals surface area (Å²) in [4.78, 5) is 6.52. The van der Waals surface area contributed by atoms with Gasteiger partial charge in [0, 0.05) is 30.1 Å². The van der Waals surface area contributed by atoms with Gasteiger partial charge >= 0.3 is 0 Å². The topological polar surface area (TPSA) is 42.2 Å². The first-order valence-electron chi connectivity index (χ1n) is 6.70. The van der Waals surface area contributed by atoms with Gasteiger partial charge in [0.2, 0.25) is 0 Å². The molecule has 1 unspecified atom stereocenters. The fourth-order valence-electron chi connectivity index (χ4n) is 2.28. The molecule has 0 aliphatic carbocycles. The lowest BCUT2D eigenvalue weighted by molar-refractivity contribution is 0.151. The summed E-state index contributed by atoms with van der Waals surface area (Å²) in [5.74, 6) is 0. The van der Waals surface area contributed by atoms with Gasteiger partial charge in [-0.3, -0.25) is 4.90 Å². The van der Waals surface area contributed by atoms with E-state index in [9.17, 15) is 8.78 Å². The molecule has 0 saturated heterocycles. The molecule has 1 aromatic carbocycles. The van der Waals surface area contributed by atoms with E-state index in [2.05, 4.69) is 9.88 Å². The molecule has 0 saturated carbocycles. The number of halogens is 2. The van der Waals surface area contributed by atoms with Gasteiger partial charge in [-0.25, -0.2) is 13.8 Å². The van der Waals surface area contributed by atoms with Gasteiger partial charge in [-0.05, 0) is 19.5 Å². The molecular weight excluding hydrogens is 292 g/mol. The van der Waals surface area contributed by atoms with Crippen LogP contribution in [0.25, 0.3) is 0 Å². The Kier molecular flexibility index (Phi) is 5.39. The van der Waals surface area contributed by atoms with Crippen LogP contribution < -0.4 is 5.73 Å². The van der Waals surface area contributed by atoms with E-state index in [0.29, 0.717) is 13.1 Å². The number of nitrogens with zero attached hydrogens (tertiary/aromatic N) is 2. The van der Waals surface area contributed by atoms with Gasteiger partial charge in [0.15, 0.2) is 0 Å². The van der Waals surface area contributed by atoms with Crippen LogP contribution in [0.15, 0.2) is 29.6 Å². The number of aryl methyl sites for hydroxylation is 1. The highest BCUT2D eigenvalue weighted by Gasteiger charge is 2.17. The standard InChI is InChI=1S/C15H19F2N3S/c1-10-19-13(9-21-10)8-20(2)14(7-18)11-3-5-12(6-4-11)15(16)17/h3-6,9,14-15H,7-8,18H2,1-2H3. The van der Waals surface area contributed by atoms with E-state index >= 15 is 0 Å². The van der Waals surface area contributed by atoms with Crippen molar-refractivity contribution in [3.63, 3.8) is 0 Å². The average molecular weight is 311 g/mol. The van der Waals surface area contributed by atoms with Crippen LogP contribution in [-0.2, 0) is 6.54 Å². The van der Waals surface area contributed by atoms with E-state index in [0.717, 1.165) is 16.3 Å². The molecule has 0 aliphatic rings. The van der Waals surface area contributed by atoms with Gasteiger partial charge < -0.3 is 5.73 Å². The molecule has 114 valence electrons. The van der Waals surface area contributed by atoms with Gasteiger partial charge in [0.1, 0.15) is 0 Å². The first kappa shape index (κ1) is 16.0. The molecule has 0 aliphatic heterocycles. The Morgan fingerprint density at radius 3 is 2.33 bits per heavy atom. The molecule has 0 fully saturated rings. The summed E-state index contributed by atoms with van der Waals surface area (Å²) in [6.45, 7) is 3.08. The maximum Gasteiger partial charge on any atom is 0.263 e. The van der Waals surface area contributed by atoms with Crippen molar-refractivity contribution in [2.45, 2.75) is 25.9 Å². The third-order valence-electron chi connectivity index (χ3n) is 3.41. The molecule has 2 N–H and O–H groups in total. The number of aromatic nitrogens is 1. The van der Waals surface area contributed by atoms with Crippen molar-refractivity contribution in [3.05, 3.63) is 51.5 Å². The second-order valence-corrected chi connectivity index (χ2v) is 6.05. The smallest absolute Gasteiger partial charge is 0.263 e. The second kappa shape index (κ2) is 7.06. The van der Waals surface area contributed by atoms with Gasteiger partial charge in [0.05, 0.1) is 10.7 Å². The second-order valence-electron chi connectivity index (χ2n) is 4.99. The molecule has 1 atom stereocenters. The Balaban J connectivity index is 2.10. The van der Waals surface area contributed by atoms with E-state index < -0.39 is 6.43 Å². The Morgan fingerprint density at radius 2 is 1.86 bits per heavy atom. The third kappa shape index (κ3) is 4.06. The lowest BCUT2D eigenvalue weighted by Gasteiger charge is -2.26. The number of rotatable bonds is 6. The number of thiazole rings is 1. The van der Waals surface area contributed by atoms with Crippen molar-refractivity contribution in [2.24, 2.45) is 5.73 Å². The monoisotopic (exact) mass is 311 g/mol. The van der Waals surface area contributed by atoms with E-state index in [4.69, 9.17) is 5.73 Å². The molecule has 2 aromatic rings. The largest absolute Gasteiger partial charge is 0.329 e. The van der Waals surface area contributed by atoms with Crippen LogP contribution in [0, 0.1) is 6.92 Å². The summed E-state index contributed by atoms with van der Waals surface area (Å²) in [7, 11) is 1.97. The summed E-state index contributed by atoms with van der Waals surface area (Å²) in [6.07, 6.45) is -2.44. The number of benzene rings is 1. The highest BCUT2D eigenvalue weighted by atomic mass is 32.1. The lowest BCUT2D eigenvalue weighted by Crippen LogP contribution is -2.30. The zero-order valence-electron chi connectivity index (χ0n) is 12.1. The molecule has 2 rings (SSSR count). The Hall–Kier alpha value is -1.37. The Morgan fingerprint density at radius 1 is 1.24 bits per heavy atom. The predicted molar refractivity (Wildman–Crippen MR) is 81.5 cm³/mol. The zero-order chi connectivity index (χ0) is 15.4. The van der Waals surface area contributed by atoms with Crippen LogP contribution >= 0.6 is 11.3 Å². The van der Waals surface area contributed by atoms with E-state index in [1.807, 2.05) is 19.4 Å². The molecule has 1 aromatic heterocycles. The molecule has 0 radical (unpaired) electrons. The quantitative estimate of drug-likeness (QED) is 0.887. The summed E-state index contributed by atoms with van der Waals surface area (Å²) < 4.78 is 25.2. The number of hydrogen-bond donors (Lipinski definition) is 1. The van der Waals surface area contributed by atoms with Crippen LogP contribution in [-0.4, -0.2) is 23.5 Å². The average Bonchev–Trinajstić information content (AvgIpc) is 2.85. The van der Waals surface area contributed by atoms with Crippen LogP contribution in [0.1, 0.15) is 34.3 Å². The van der Waals surface area contributed by atoms with E-state index in [1.54, 1.807) is 23.5 Å². The van der Waals surface area contributed by atoms with Crippen molar-refractivity contribution in [1.29, 1.82) is 0 Å². The van der Waals surface area contributed by atoms with Gasteiger partial charge in [-0.1, -0.05) is 24.3 Å². The molecule has 0 spiro atoms. The van der Waals surface area contributed by atoms with Crippen LogP contribution in [0.2, 0.25) is 0 Å². The Labute approximate surface area is 127 Å². The minimum Gasteiger partial charge on any atom is -0.329 e. The van der Waals surface area contributed by atoms with Gasteiger partial charge in [-0.15, -0.1) is 11.3 Å². The first-order valence-corrected chi connectivity index (χ1v) is 7.58. The molecule has 0 bridgehead atoms. The minimum atomic E-state index is -2.44. The van der Waals surface area contributed by atoms with Gasteiger partial charge in [-0.2, -0.15) is 0 Å². The van der Waals surface area contributed by atoms with Gasteiger partial charge in [0.25, 0.3) is 6.43 Å².